The Bertz CT molecular complexity index is 514. The van der Waals surface area contributed by atoms with Crippen LogP contribution in [0.15, 0.2) is 42.6 Å². The summed E-state index contributed by atoms with van der Waals surface area (Å²) < 4.78 is 5.63. The quantitative estimate of drug-likeness (QED) is 0.878. The van der Waals surface area contributed by atoms with Crippen LogP contribution in [-0.2, 0) is 13.2 Å². The normalized spacial score (nSPS) is 10.4. The van der Waals surface area contributed by atoms with Crippen molar-refractivity contribution in [3.63, 3.8) is 0 Å². The Kier molecular flexibility index (Phi) is 5.19. The molecule has 0 saturated heterocycles. The van der Waals surface area contributed by atoms with Crippen LogP contribution in [0.2, 0.25) is 5.02 Å². The molecule has 2 rings (SSSR count). The third-order valence-electron chi connectivity index (χ3n) is 2.68. The summed E-state index contributed by atoms with van der Waals surface area (Å²) in [4.78, 5) is 4.37. The molecule has 0 fully saturated rings. The maximum atomic E-state index is 6.02. The van der Waals surface area contributed by atoms with Gasteiger partial charge in [0.2, 0.25) is 0 Å². The van der Waals surface area contributed by atoms with Gasteiger partial charge < -0.3 is 10.1 Å². The molecule has 0 amide bonds. The summed E-state index contributed by atoms with van der Waals surface area (Å²) in [7, 11) is 0. The third-order valence-corrected chi connectivity index (χ3v) is 2.99. The van der Waals surface area contributed by atoms with Gasteiger partial charge >= 0.3 is 0 Å². The van der Waals surface area contributed by atoms with Gasteiger partial charge in [0.25, 0.3) is 0 Å². The number of para-hydroxylation sites is 1. The zero-order valence-corrected chi connectivity index (χ0v) is 11.7. The molecule has 2 aromatic rings. The molecule has 100 valence electrons. The zero-order chi connectivity index (χ0) is 13.5. The SMILES string of the molecule is CCNCc1ccc(COc2ccccc2Cl)nc1. The minimum Gasteiger partial charge on any atom is -0.486 e. The fourth-order valence-electron chi connectivity index (χ4n) is 1.63. The second-order valence-corrected chi connectivity index (χ2v) is 4.56. The fraction of sp³-hybridized carbons (Fsp3) is 0.267. The van der Waals surface area contributed by atoms with E-state index in [-0.39, 0.29) is 0 Å². The number of hydrogen-bond acceptors (Lipinski definition) is 3. The highest BCUT2D eigenvalue weighted by atomic mass is 35.5. The predicted octanol–water partition coefficient (Wildman–Crippen LogP) is 3.42. The van der Waals surface area contributed by atoms with Crippen LogP contribution in [0.25, 0.3) is 0 Å². The Morgan fingerprint density at radius 1 is 1.21 bits per heavy atom. The molecule has 0 bridgehead atoms. The number of benzene rings is 1. The molecule has 4 heteroatoms. The lowest BCUT2D eigenvalue weighted by Gasteiger charge is -2.08. The predicted molar refractivity (Wildman–Crippen MR) is 77.4 cm³/mol. The van der Waals surface area contributed by atoms with Crippen molar-refractivity contribution >= 4 is 11.6 Å². The Morgan fingerprint density at radius 2 is 2.05 bits per heavy atom. The first-order valence-corrected chi connectivity index (χ1v) is 6.69. The van der Waals surface area contributed by atoms with E-state index in [4.69, 9.17) is 16.3 Å². The topological polar surface area (TPSA) is 34.1 Å². The number of ether oxygens (including phenoxy) is 1. The first-order chi connectivity index (χ1) is 9.29. The van der Waals surface area contributed by atoms with E-state index in [1.165, 1.54) is 5.56 Å². The largest absolute Gasteiger partial charge is 0.486 e. The number of nitrogens with zero attached hydrogens (tertiary/aromatic N) is 1. The molecule has 0 aliphatic heterocycles. The van der Waals surface area contributed by atoms with Crippen molar-refractivity contribution in [3.8, 4) is 5.75 Å². The van der Waals surface area contributed by atoms with E-state index in [1.54, 1.807) is 0 Å². The molecule has 1 heterocycles. The van der Waals surface area contributed by atoms with Crippen LogP contribution < -0.4 is 10.1 Å². The van der Waals surface area contributed by atoms with E-state index in [2.05, 4.69) is 23.3 Å². The van der Waals surface area contributed by atoms with Gasteiger partial charge in [0.1, 0.15) is 12.4 Å². The molecular formula is C15H17ClN2O. The van der Waals surface area contributed by atoms with E-state index in [0.29, 0.717) is 17.4 Å². The van der Waals surface area contributed by atoms with Crippen LogP contribution in [0, 0.1) is 0 Å². The highest BCUT2D eigenvalue weighted by Crippen LogP contribution is 2.23. The molecule has 1 N–H and O–H groups in total. The lowest BCUT2D eigenvalue weighted by molar-refractivity contribution is 0.301. The lowest BCUT2D eigenvalue weighted by atomic mass is 10.2. The second kappa shape index (κ2) is 7.12. The summed E-state index contributed by atoms with van der Waals surface area (Å²) in [6, 6.07) is 11.5. The molecule has 0 saturated carbocycles. The van der Waals surface area contributed by atoms with E-state index in [1.807, 2.05) is 36.5 Å². The van der Waals surface area contributed by atoms with Gasteiger partial charge in [-0.2, -0.15) is 0 Å². The molecule has 0 unspecified atom stereocenters. The van der Waals surface area contributed by atoms with Gasteiger partial charge in [-0.15, -0.1) is 0 Å². The maximum absolute atomic E-state index is 6.02. The van der Waals surface area contributed by atoms with Crippen molar-refractivity contribution in [3.05, 3.63) is 58.9 Å². The summed E-state index contributed by atoms with van der Waals surface area (Å²) in [5, 5.41) is 3.88. The summed E-state index contributed by atoms with van der Waals surface area (Å²) in [5.74, 6) is 0.683. The van der Waals surface area contributed by atoms with Crippen molar-refractivity contribution in [1.82, 2.24) is 10.3 Å². The number of rotatable bonds is 6. The van der Waals surface area contributed by atoms with E-state index in [0.717, 1.165) is 18.8 Å². The maximum Gasteiger partial charge on any atom is 0.138 e. The van der Waals surface area contributed by atoms with Crippen molar-refractivity contribution in [2.24, 2.45) is 0 Å². The minimum absolute atomic E-state index is 0.422. The highest BCUT2D eigenvalue weighted by Gasteiger charge is 2.01. The molecule has 0 spiro atoms. The average molecular weight is 277 g/mol. The zero-order valence-electron chi connectivity index (χ0n) is 10.9. The third kappa shape index (κ3) is 4.23. The van der Waals surface area contributed by atoms with E-state index in [9.17, 15) is 0 Å². The summed E-state index contributed by atoms with van der Waals surface area (Å²) >= 11 is 6.02. The molecule has 1 aromatic carbocycles. The highest BCUT2D eigenvalue weighted by molar-refractivity contribution is 6.32. The molecule has 0 radical (unpaired) electrons. The number of aromatic nitrogens is 1. The van der Waals surface area contributed by atoms with Crippen LogP contribution in [0.1, 0.15) is 18.2 Å². The molecular weight excluding hydrogens is 260 g/mol. The molecule has 0 atom stereocenters. The van der Waals surface area contributed by atoms with Crippen molar-refractivity contribution < 1.29 is 4.74 Å². The Hall–Kier alpha value is -1.58. The van der Waals surface area contributed by atoms with Gasteiger partial charge in [0, 0.05) is 12.7 Å². The van der Waals surface area contributed by atoms with Gasteiger partial charge in [-0.25, -0.2) is 0 Å². The first-order valence-electron chi connectivity index (χ1n) is 6.31. The summed E-state index contributed by atoms with van der Waals surface area (Å²) in [6.45, 7) is 4.30. The molecule has 0 aliphatic rings. The Balaban J connectivity index is 1.91. The van der Waals surface area contributed by atoms with Crippen LogP contribution in [0.3, 0.4) is 0 Å². The number of hydrogen-bond donors (Lipinski definition) is 1. The van der Waals surface area contributed by atoms with Gasteiger partial charge in [-0.1, -0.05) is 36.7 Å². The van der Waals surface area contributed by atoms with Crippen LogP contribution >= 0.6 is 11.6 Å². The van der Waals surface area contributed by atoms with Crippen molar-refractivity contribution in [2.45, 2.75) is 20.1 Å². The van der Waals surface area contributed by atoms with Gasteiger partial charge in [0.05, 0.1) is 10.7 Å². The fourth-order valence-corrected chi connectivity index (χ4v) is 1.82. The average Bonchev–Trinajstić information content (AvgIpc) is 2.45. The molecule has 19 heavy (non-hydrogen) atoms. The van der Waals surface area contributed by atoms with Gasteiger partial charge in [-0.3, -0.25) is 4.98 Å². The van der Waals surface area contributed by atoms with Gasteiger partial charge in [0.15, 0.2) is 0 Å². The van der Waals surface area contributed by atoms with Crippen molar-refractivity contribution in [1.29, 1.82) is 0 Å². The summed E-state index contributed by atoms with van der Waals surface area (Å²) in [5.41, 5.74) is 2.06. The van der Waals surface area contributed by atoms with Crippen LogP contribution in [-0.4, -0.2) is 11.5 Å². The molecule has 3 nitrogen and oxygen atoms in total. The van der Waals surface area contributed by atoms with E-state index < -0.39 is 0 Å². The van der Waals surface area contributed by atoms with Crippen molar-refractivity contribution in [2.75, 3.05) is 6.54 Å². The Labute approximate surface area is 118 Å². The van der Waals surface area contributed by atoms with E-state index >= 15 is 0 Å². The monoisotopic (exact) mass is 276 g/mol. The molecule has 0 aliphatic carbocycles. The standard InChI is InChI=1S/C15H17ClN2O/c1-2-17-9-12-7-8-13(18-10-12)11-19-15-6-4-3-5-14(15)16/h3-8,10,17H,2,9,11H2,1H3. The number of pyridine rings is 1. The first kappa shape index (κ1) is 13.8. The smallest absolute Gasteiger partial charge is 0.138 e. The minimum atomic E-state index is 0.422. The molecule has 1 aromatic heterocycles. The Morgan fingerprint density at radius 3 is 2.74 bits per heavy atom. The van der Waals surface area contributed by atoms with Crippen LogP contribution in [0.5, 0.6) is 5.75 Å². The second-order valence-electron chi connectivity index (χ2n) is 4.16. The summed E-state index contributed by atoms with van der Waals surface area (Å²) in [6.07, 6.45) is 1.87. The number of halogens is 1. The van der Waals surface area contributed by atoms with Crippen LogP contribution in [0.4, 0.5) is 0 Å². The lowest BCUT2D eigenvalue weighted by Crippen LogP contribution is -2.12. The number of nitrogens with one attached hydrogen (secondary N) is 1. The van der Waals surface area contributed by atoms with Gasteiger partial charge in [-0.05, 0) is 30.3 Å².